The van der Waals surface area contributed by atoms with Gasteiger partial charge in [-0.15, -0.1) is 0 Å². The maximum absolute atomic E-state index is 12.5. The maximum Gasteiger partial charge on any atom is 0.410 e. The first-order valence-corrected chi connectivity index (χ1v) is 4.09. The van der Waals surface area contributed by atoms with Gasteiger partial charge in [0.05, 0.1) is 6.33 Å². The molecule has 0 spiro atoms. The number of nitriles is 2. The molecule has 1 rings (SSSR count). The van der Waals surface area contributed by atoms with Gasteiger partial charge in [0.25, 0.3) is 0 Å². The summed E-state index contributed by atoms with van der Waals surface area (Å²) in [5.41, 5.74) is 4.23. The van der Waals surface area contributed by atoms with Crippen molar-refractivity contribution in [2.45, 2.75) is 12.2 Å². The monoisotopic (exact) mass is 229 g/mol. The predicted octanol–water partition coefficient (Wildman–Crippen LogP) is 0.689. The van der Waals surface area contributed by atoms with Gasteiger partial charge in [-0.1, -0.05) is 0 Å². The van der Waals surface area contributed by atoms with E-state index in [-0.39, 0.29) is 5.69 Å². The van der Waals surface area contributed by atoms with Gasteiger partial charge >= 0.3 is 6.18 Å². The molecule has 1 aromatic rings. The molecule has 16 heavy (non-hydrogen) atoms. The van der Waals surface area contributed by atoms with E-state index in [2.05, 4.69) is 4.98 Å². The maximum atomic E-state index is 12.5. The smallest absolute Gasteiger partial charge is 0.328 e. The summed E-state index contributed by atoms with van der Waals surface area (Å²) in [6.45, 7) is -0.723. The molecule has 0 aliphatic rings. The Balaban J connectivity index is 3.29. The molecule has 0 amide bonds. The summed E-state index contributed by atoms with van der Waals surface area (Å²) in [6, 6.07) is 0.994. The van der Waals surface area contributed by atoms with Crippen molar-refractivity contribution in [3.63, 3.8) is 0 Å². The van der Waals surface area contributed by atoms with E-state index in [4.69, 9.17) is 16.3 Å². The number of imidazole rings is 1. The Labute approximate surface area is 88.5 Å². The fourth-order valence-electron chi connectivity index (χ4n) is 1.19. The van der Waals surface area contributed by atoms with Crippen LogP contribution < -0.4 is 5.73 Å². The molecule has 5 nitrogen and oxygen atoms in total. The standard InChI is InChI=1S/C8H6F3N5/c9-8(10,11)7(3-14)16-4-15-5(1-12)6(16)2-13/h4,7H,3,14H2. The van der Waals surface area contributed by atoms with Crippen molar-refractivity contribution in [2.24, 2.45) is 5.73 Å². The van der Waals surface area contributed by atoms with Crippen LogP contribution in [0.4, 0.5) is 13.2 Å². The zero-order valence-corrected chi connectivity index (χ0v) is 7.86. The van der Waals surface area contributed by atoms with Gasteiger partial charge in [-0.2, -0.15) is 23.7 Å². The Morgan fingerprint density at radius 1 is 1.44 bits per heavy atom. The predicted molar refractivity (Wildman–Crippen MR) is 45.8 cm³/mol. The van der Waals surface area contributed by atoms with Crippen molar-refractivity contribution in [2.75, 3.05) is 6.54 Å². The van der Waals surface area contributed by atoms with Crippen molar-refractivity contribution in [1.82, 2.24) is 9.55 Å². The van der Waals surface area contributed by atoms with Crippen LogP contribution in [0.3, 0.4) is 0 Å². The molecule has 0 fully saturated rings. The number of rotatable bonds is 2. The van der Waals surface area contributed by atoms with Crippen LogP contribution in [0.1, 0.15) is 17.4 Å². The second-order valence-electron chi connectivity index (χ2n) is 2.87. The minimum absolute atomic E-state index is 0.342. The van der Waals surface area contributed by atoms with Gasteiger partial charge in [0, 0.05) is 6.54 Å². The van der Waals surface area contributed by atoms with E-state index < -0.39 is 24.5 Å². The van der Waals surface area contributed by atoms with Crippen LogP contribution in [0.25, 0.3) is 0 Å². The highest BCUT2D eigenvalue weighted by atomic mass is 19.4. The summed E-state index contributed by atoms with van der Waals surface area (Å²) < 4.78 is 38.1. The zero-order chi connectivity index (χ0) is 12.3. The van der Waals surface area contributed by atoms with Crippen LogP contribution in [-0.2, 0) is 0 Å². The third kappa shape index (κ3) is 1.97. The summed E-state index contributed by atoms with van der Waals surface area (Å²) in [6.07, 6.45) is -3.80. The zero-order valence-electron chi connectivity index (χ0n) is 7.86. The van der Waals surface area contributed by atoms with Gasteiger partial charge in [0.2, 0.25) is 0 Å². The molecule has 0 bridgehead atoms. The molecule has 1 unspecified atom stereocenters. The molecule has 0 radical (unpaired) electrons. The van der Waals surface area contributed by atoms with E-state index in [1.807, 2.05) is 0 Å². The lowest BCUT2D eigenvalue weighted by Gasteiger charge is -2.20. The lowest BCUT2D eigenvalue weighted by atomic mass is 10.2. The van der Waals surface area contributed by atoms with Crippen molar-refractivity contribution < 1.29 is 13.2 Å². The molecule has 1 aromatic heterocycles. The molecule has 8 heteroatoms. The number of halogens is 3. The third-order valence-electron chi connectivity index (χ3n) is 1.94. The first-order chi connectivity index (χ1) is 7.45. The van der Waals surface area contributed by atoms with Gasteiger partial charge in [-0.3, -0.25) is 0 Å². The molecule has 0 aliphatic carbocycles. The average Bonchev–Trinajstić information content (AvgIpc) is 2.59. The number of alkyl halides is 3. The van der Waals surface area contributed by atoms with Crippen molar-refractivity contribution >= 4 is 0 Å². The normalized spacial score (nSPS) is 12.9. The van der Waals surface area contributed by atoms with Crippen LogP contribution in [0.5, 0.6) is 0 Å². The Morgan fingerprint density at radius 2 is 2.06 bits per heavy atom. The van der Waals surface area contributed by atoms with Crippen LogP contribution in [-0.4, -0.2) is 22.3 Å². The highest BCUT2D eigenvalue weighted by Gasteiger charge is 2.41. The van der Waals surface area contributed by atoms with Crippen LogP contribution in [0, 0.1) is 22.7 Å². The van der Waals surface area contributed by atoms with Gasteiger partial charge in [0.15, 0.2) is 11.4 Å². The van der Waals surface area contributed by atoms with Crippen molar-refractivity contribution in [1.29, 1.82) is 10.5 Å². The lowest BCUT2D eigenvalue weighted by Crippen LogP contribution is -2.33. The van der Waals surface area contributed by atoms with Crippen LogP contribution in [0.15, 0.2) is 6.33 Å². The van der Waals surface area contributed by atoms with E-state index in [1.165, 1.54) is 12.1 Å². The quantitative estimate of drug-likeness (QED) is 0.807. The minimum Gasteiger partial charge on any atom is -0.328 e. The number of nitrogens with two attached hydrogens (primary N) is 1. The van der Waals surface area contributed by atoms with E-state index in [1.54, 1.807) is 0 Å². The summed E-state index contributed by atoms with van der Waals surface area (Å²) in [7, 11) is 0. The fourth-order valence-corrected chi connectivity index (χ4v) is 1.19. The molecular formula is C8H6F3N5. The van der Waals surface area contributed by atoms with E-state index in [0.717, 1.165) is 6.33 Å². The topological polar surface area (TPSA) is 91.4 Å². The summed E-state index contributed by atoms with van der Waals surface area (Å²) in [5.74, 6) is 0. The molecule has 1 atom stereocenters. The largest absolute Gasteiger partial charge is 0.410 e. The number of hydrogen-bond donors (Lipinski definition) is 1. The van der Waals surface area contributed by atoms with Crippen LogP contribution in [0.2, 0.25) is 0 Å². The van der Waals surface area contributed by atoms with Crippen molar-refractivity contribution in [3.05, 3.63) is 17.7 Å². The average molecular weight is 229 g/mol. The minimum atomic E-state index is -4.59. The molecule has 0 saturated heterocycles. The first-order valence-electron chi connectivity index (χ1n) is 4.09. The van der Waals surface area contributed by atoms with E-state index in [9.17, 15) is 13.2 Å². The Hall–Kier alpha value is -2.06. The number of aromatic nitrogens is 2. The van der Waals surface area contributed by atoms with E-state index >= 15 is 0 Å². The molecule has 1 heterocycles. The molecule has 84 valence electrons. The van der Waals surface area contributed by atoms with Crippen molar-refractivity contribution in [3.8, 4) is 12.1 Å². The number of nitrogens with zero attached hydrogens (tertiary/aromatic N) is 4. The molecule has 0 aromatic carbocycles. The molecular weight excluding hydrogens is 223 g/mol. The Kier molecular flexibility index (Phi) is 3.16. The molecule has 0 aliphatic heterocycles. The molecule has 2 N–H and O–H groups in total. The fraction of sp³-hybridized carbons (Fsp3) is 0.375. The summed E-state index contributed by atoms with van der Waals surface area (Å²) in [4.78, 5) is 3.41. The lowest BCUT2D eigenvalue weighted by molar-refractivity contribution is -0.165. The third-order valence-corrected chi connectivity index (χ3v) is 1.94. The van der Waals surface area contributed by atoms with Gasteiger partial charge in [-0.25, -0.2) is 4.98 Å². The van der Waals surface area contributed by atoms with Gasteiger partial charge in [0.1, 0.15) is 18.2 Å². The number of hydrogen-bond acceptors (Lipinski definition) is 4. The SMILES string of the molecule is N#Cc1ncn(C(CN)C(F)(F)F)c1C#N. The highest BCUT2D eigenvalue weighted by molar-refractivity contribution is 5.36. The molecule has 0 saturated carbocycles. The van der Waals surface area contributed by atoms with Gasteiger partial charge in [-0.05, 0) is 0 Å². The van der Waals surface area contributed by atoms with E-state index in [0.29, 0.717) is 4.57 Å². The Bertz CT molecular complexity index is 461. The summed E-state index contributed by atoms with van der Waals surface area (Å²) >= 11 is 0. The van der Waals surface area contributed by atoms with Crippen LogP contribution >= 0.6 is 0 Å². The second kappa shape index (κ2) is 4.21. The first kappa shape index (κ1) is 12.0. The Morgan fingerprint density at radius 3 is 2.44 bits per heavy atom. The summed E-state index contributed by atoms with van der Waals surface area (Å²) in [5, 5.41) is 17.2. The second-order valence-corrected chi connectivity index (χ2v) is 2.87. The highest BCUT2D eigenvalue weighted by Crippen LogP contribution is 2.30. The van der Waals surface area contributed by atoms with Gasteiger partial charge < -0.3 is 10.3 Å².